The molecule has 0 bridgehead atoms. The average molecular weight is 614 g/mol. The minimum Gasteiger partial charge on any atom is -0.366 e. The number of carbonyl (C=O) groups is 2. The van der Waals surface area contributed by atoms with Crippen LogP contribution in [0.2, 0.25) is 0 Å². The first kappa shape index (κ1) is 26.5. The lowest BCUT2D eigenvalue weighted by Crippen LogP contribution is -2.37. The van der Waals surface area contributed by atoms with E-state index in [1.165, 1.54) is 16.2 Å². The van der Waals surface area contributed by atoms with E-state index in [2.05, 4.69) is 26.3 Å². The lowest BCUT2D eigenvalue weighted by atomic mass is 9.97. The number of para-hydroxylation sites is 1. The Bertz CT molecular complexity index is 1550. The van der Waals surface area contributed by atoms with Crippen LogP contribution in [0.25, 0.3) is 10.2 Å². The molecular formula is C27H25BrN4O4S2. The zero-order valence-electron chi connectivity index (χ0n) is 20.8. The number of halogens is 1. The minimum atomic E-state index is -0.609. The van der Waals surface area contributed by atoms with Crippen LogP contribution in [0.3, 0.4) is 0 Å². The molecule has 4 aromatic rings. The molecule has 0 fully saturated rings. The first-order valence-electron chi connectivity index (χ1n) is 12.2. The minimum absolute atomic E-state index is 0.0664. The van der Waals surface area contributed by atoms with Gasteiger partial charge in [-0.15, -0.1) is 11.3 Å². The molecule has 0 saturated carbocycles. The zero-order chi connectivity index (χ0) is 26.8. The third kappa shape index (κ3) is 5.36. The number of amides is 2. The van der Waals surface area contributed by atoms with Crippen LogP contribution in [-0.2, 0) is 17.0 Å². The van der Waals surface area contributed by atoms with Gasteiger partial charge in [0.1, 0.15) is 16.9 Å². The van der Waals surface area contributed by atoms with E-state index in [9.17, 15) is 14.4 Å². The number of benzene rings is 2. The summed E-state index contributed by atoms with van der Waals surface area (Å²) in [7, 11) is 0. The van der Waals surface area contributed by atoms with E-state index in [0.717, 1.165) is 45.3 Å². The predicted octanol–water partition coefficient (Wildman–Crippen LogP) is 6.54. The maximum atomic E-state index is 13.8. The molecule has 0 spiro atoms. The highest BCUT2D eigenvalue weighted by Gasteiger charge is 2.26. The van der Waals surface area contributed by atoms with Crippen molar-refractivity contribution >= 4 is 67.2 Å². The van der Waals surface area contributed by atoms with Crippen molar-refractivity contribution in [1.82, 2.24) is 9.66 Å². The van der Waals surface area contributed by atoms with Gasteiger partial charge in [0.25, 0.3) is 11.5 Å². The van der Waals surface area contributed by atoms with E-state index in [-0.39, 0.29) is 16.8 Å². The molecule has 2 aromatic heterocycles. The van der Waals surface area contributed by atoms with E-state index in [0.29, 0.717) is 33.5 Å². The quantitative estimate of drug-likeness (QED) is 0.196. The SMILES string of the molecule is CC(C)N(C(=O)OSc1nc2sc3c(c2c(=O)n1NC(=O)c1ccc(Br)cc1)CCCC3)c1ccccc1. The molecule has 11 heteroatoms. The summed E-state index contributed by atoms with van der Waals surface area (Å²) >= 11 is 5.51. The molecule has 38 heavy (non-hydrogen) atoms. The molecule has 196 valence electrons. The molecule has 0 radical (unpaired) electrons. The molecule has 1 aliphatic rings. The fraction of sp³-hybridized carbons (Fsp3) is 0.259. The van der Waals surface area contributed by atoms with Crippen molar-refractivity contribution in [3.63, 3.8) is 0 Å². The molecule has 0 unspecified atom stereocenters. The van der Waals surface area contributed by atoms with Crippen molar-refractivity contribution in [3.05, 3.63) is 85.4 Å². The molecule has 2 heterocycles. The lowest BCUT2D eigenvalue weighted by Gasteiger charge is -2.25. The van der Waals surface area contributed by atoms with Gasteiger partial charge in [-0.3, -0.25) is 19.9 Å². The summed E-state index contributed by atoms with van der Waals surface area (Å²) in [6.07, 6.45) is 3.16. The van der Waals surface area contributed by atoms with Gasteiger partial charge >= 0.3 is 6.09 Å². The van der Waals surface area contributed by atoms with Crippen molar-refractivity contribution in [3.8, 4) is 0 Å². The van der Waals surface area contributed by atoms with Crippen LogP contribution in [0.1, 0.15) is 47.5 Å². The second kappa shape index (κ2) is 11.3. The van der Waals surface area contributed by atoms with Gasteiger partial charge in [0, 0.05) is 26.6 Å². The number of anilines is 1. The Kier molecular flexibility index (Phi) is 7.87. The number of aromatic nitrogens is 2. The number of aryl methyl sites for hydroxylation is 2. The fourth-order valence-corrected chi connectivity index (χ4v) is 6.56. The van der Waals surface area contributed by atoms with Gasteiger partial charge in [0.05, 0.1) is 5.39 Å². The van der Waals surface area contributed by atoms with Crippen LogP contribution < -0.4 is 15.9 Å². The summed E-state index contributed by atoms with van der Waals surface area (Å²) in [5.74, 6) is -0.480. The summed E-state index contributed by atoms with van der Waals surface area (Å²) in [6.45, 7) is 3.77. The van der Waals surface area contributed by atoms with Gasteiger partial charge in [-0.1, -0.05) is 34.1 Å². The zero-order valence-corrected chi connectivity index (χ0v) is 24.0. The Hall–Kier alpha value is -3.15. The molecule has 2 aromatic carbocycles. The number of nitrogens with zero attached hydrogens (tertiary/aromatic N) is 3. The summed E-state index contributed by atoms with van der Waals surface area (Å²) in [4.78, 5) is 47.9. The van der Waals surface area contributed by atoms with Crippen LogP contribution in [-0.4, -0.2) is 27.7 Å². The van der Waals surface area contributed by atoms with Gasteiger partial charge in [-0.05, 0) is 81.5 Å². The molecule has 1 N–H and O–H groups in total. The molecule has 0 atom stereocenters. The normalized spacial score (nSPS) is 12.8. The third-order valence-electron chi connectivity index (χ3n) is 6.21. The Morgan fingerprint density at radius 1 is 1.11 bits per heavy atom. The highest BCUT2D eigenvalue weighted by atomic mass is 79.9. The van der Waals surface area contributed by atoms with E-state index < -0.39 is 12.0 Å². The third-order valence-corrected chi connectivity index (χ3v) is 8.58. The Labute approximate surface area is 236 Å². The van der Waals surface area contributed by atoms with E-state index in [1.54, 1.807) is 24.3 Å². The first-order valence-corrected chi connectivity index (χ1v) is 14.6. The van der Waals surface area contributed by atoms with Gasteiger partial charge < -0.3 is 4.18 Å². The summed E-state index contributed by atoms with van der Waals surface area (Å²) in [5, 5.41) is 0.584. The summed E-state index contributed by atoms with van der Waals surface area (Å²) < 4.78 is 7.51. The summed E-state index contributed by atoms with van der Waals surface area (Å²) in [6, 6.07) is 15.8. The molecule has 0 saturated heterocycles. The van der Waals surface area contributed by atoms with Crippen molar-refractivity contribution in [2.45, 2.75) is 50.7 Å². The maximum Gasteiger partial charge on any atom is 0.427 e. The van der Waals surface area contributed by atoms with E-state index >= 15 is 0 Å². The van der Waals surface area contributed by atoms with Gasteiger partial charge in [0.2, 0.25) is 5.16 Å². The van der Waals surface area contributed by atoms with Crippen LogP contribution in [0.15, 0.2) is 69.0 Å². The van der Waals surface area contributed by atoms with E-state index in [1.807, 2.05) is 44.2 Å². The Morgan fingerprint density at radius 2 is 1.82 bits per heavy atom. The van der Waals surface area contributed by atoms with Crippen LogP contribution in [0, 0.1) is 0 Å². The monoisotopic (exact) mass is 612 g/mol. The second-order valence-electron chi connectivity index (χ2n) is 9.11. The van der Waals surface area contributed by atoms with E-state index in [4.69, 9.17) is 4.18 Å². The predicted molar refractivity (Wildman–Crippen MR) is 155 cm³/mol. The number of hydrogen-bond acceptors (Lipinski definition) is 7. The van der Waals surface area contributed by atoms with Gasteiger partial charge in [-0.2, -0.15) is 4.68 Å². The number of carbonyl (C=O) groups excluding carboxylic acids is 2. The highest BCUT2D eigenvalue weighted by molar-refractivity contribution is 9.10. The second-order valence-corrected chi connectivity index (χ2v) is 11.8. The summed E-state index contributed by atoms with van der Waals surface area (Å²) in [5.41, 5.74) is 4.35. The van der Waals surface area contributed by atoms with Crippen molar-refractivity contribution in [1.29, 1.82) is 0 Å². The fourth-order valence-electron chi connectivity index (χ4n) is 4.42. The average Bonchev–Trinajstić information content (AvgIpc) is 3.28. The van der Waals surface area contributed by atoms with Gasteiger partial charge in [0.15, 0.2) is 0 Å². The maximum absolute atomic E-state index is 13.8. The molecule has 1 aliphatic carbocycles. The van der Waals surface area contributed by atoms with Crippen molar-refractivity contribution < 1.29 is 13.8 Å². The van der Waals surface area contributed by atoms with Crippen LogP contribution >= 0.6 is 39.3 Å². The molecule has 2 amide bonds. The molecular weight excluding hydrogens is 588 g/mol. The number of thiophene rings is 1. The number of rotatable bonds is 6. The van der Waals surface area contributed by atoms with Crippen molar-refractivity contribution in [2.24, 2.45) is 0 Å². The van der Waals surface area contributed by atoms with Crippen LogP contribution in [0.5, 0.6) is 0 Å². The Balaban J connectivity index is 1.51. The number of nitrogens with one attached hydrogen (secondary N) is 1. The smallest absolute Gasteiger partial charge is 0.366 e. The molecule has 5 rings (SSSR count). The number of fused-ring (bicyclic) bond motifs is 3. The van der Waals surface area contributed by atoms with Gasteiger partial charge in [-0.25, -0.2) is 9.78 Å². The van der Waals surface area contributed by atoms with Crippen molar-refractivity contribution in [2.75, 3.05) is 10.3 Å². The molecule has 8 nitrogen and oxygen atoms in total. The topological polar surface area (TPSA) is 93.5 Å². The lowest BCUT2D eigenvalue weighted by molar-refractivity contribution is 0.100. The van der Waals surface area contributed by atoms with Crippen LogP contribution in [0.4, 0.5) is 10.5 Å². The Morgan fingerprint density at radius 3 is 2.53 bits per heavy atom. The first-order chi connectivity index (χ1) is 18.3. The molecule has 0 aliphatic heterocycles. The highest BCUT2D eigenvalue weighted by Crippen LogP contribution is 2.35. The largest absolute Gasteiger partial charge is 0.427 e. The number of hydrogen-bond donors (Lipinski definition) is 1. The standard InChI is InChI=1S/C27H25BrN4O4S2/c1-16(2)31(19-8-4-3-5-9-19)27(35)36-38-26-29-24-22(20-10-6-7-11-21(20)37-24)25(34)32(26)30-23(33)17-12-14-18(28)15-13-17/h3-5,8-9,12-16H,6-7,10-11H2,1-2H3,(H,30,33).